The third kappa shape index (κ3) is 3.74. The molecule has 1 aliphatic carbocycles. The molecule has 1 aliphatic heterocycles. The summed E-state index contributed by atoms with van der Waals surface area (Å²) in [5, 5.41) is 0. The van der Waals surface area contributed by atoms with Crippen LogP contribution in [0.1, 0.15) is 36.5 Å². The molecule has 22 heavy (non-hydrogen) atoms. The van der Waals surface area contributed by atoms with Crippen molar-refractivity contribution in [3.8, 4) is 0 Å². The highest BCUT2D eigenvalue weighted by molar-refractivity contribution is 7.89. The first kappa shape index (κ1) is 15.6. The van der Waals surface area contributed by atoms with Gasteiger partial charge in [-0.25, -0.2) is 13.1 Å². The monoisotopic (exact) mass is 322 g/mol. The largest absolute Gasteiger partial charge is 0.301 e. The van der Waals surface area contributed by atoms with Crippen LogP contribution in [0, 0.1) is 5.92 Å². The normalized spacial score (nSPS) is 22.9. The molecule has 120 valence electrons. The minimum Gasteiger partial charge on any atom is -0.301 e. The Morgan fingerprint density at radius 3 is 2.77 bits per heavy atom. The van der Waals surface area contributed by atoms with Gasteiger partial charge in [-0.15, -0.1) is 0 Å². The molecule has 1 atom stereocenters. The molecule has 1 saturated heterocycles. The van der Waals surface area contributed by atoms with Crippen molar-refractivity contribution in [1.29, 1.82) is 0 Å². The molecule has 1 N–H and O–H groups in total. The number of rotatable bonds is 6. The van der Waals surface area contributed by atoms with E-state index >= 15 is 0 Å². The van der Waals surface area contributed by atoms with E-state index in [1.54, 1.807) is 12.1 Å². The van der Waals surface area contributed by atoms with Gasteiger partial charge >= 0.3 is 0 Å². The number of likely N-dealkylation sites (tertiary alicyclic amines) is 1. The molecule has 0 spiro atoms. The zero-order valence-corrected chi connectivity index (χ0v) is 13.6. The van der Waals surface area contributed by atoms with E-state index in [0.717, 1.165) is 32.0 Å². The zero-order chi connectivity index (χ0) is 15.7. The fourth-order valence-corrected chi connectivity index (χ4v) is 4.24. The number of carbonyl (C=O) groups excluding carboxylic acids is 1. The number of nitrogens with one attached hydrogen (secondary N) is 1. The van der Waals surface area contributed by atoms with Crippen molar-refractivity contribution >= 4 is 15.8 Å². The molecule has 1 saturated carbocycles. The number of ketones is 1. The Labute approximate surface area is 131 Å². The second-order valence-corrected chi connectivity index (χ2v) is 8.11. The molecule has 3 rings (SSSR count). The molecule has 0 unspecified atom stereocenters. The first-order valence-electron chi connectivity index (χ1n) is 7.80. The summed E-state index contributed by atoms with van der Waals surface area (Å²) in [5.74, 6) is 0.691. The summed E-state index contributed by atoms with van der Waals surface area (Å²) in [5.41, 5.74) is 0.421. The van der Waals surface area contributed by atoms with Gasteiger partial charge in [-0.05, 0) is 50.8 Å². The molecule has 2 aliphatic rings. The van der Waals surface area contributed by atoms with Gasteiger partial charge in [-0.2, -0.15) is 0 Å². The van der Waals surface area contributed by atoms with Crippen LogP contribution in [-0.2, 0) is 10.0 Å². The SMILES string of the molecule is CC(=O)c1cccc(S(=O)(=O)N[C@H]2CCN(CC3CC3)C2)c1. The summed E-state index contributed by atoms with van der Waals surface area (Å²) in [7, 11) is -3.56. The maximum Gasteiger partial charge on any atom is 0.240 e. The Balaban J connectivity index is 1.65. The second kappa shape index (κ2) is 6.10. The molecule has 2 fully saturated rings. The molecule has 0 radical (unpaired) electrons. The van der Waals surface area contributed by atoms with E-state index in [-0.39, 0.29) is 16.7 Å². The molecule has 0 bridgehead atoms. The van der Waals surface area contributed by atoms with E-state index in [9.17, 15) is 13.2 Å². The van der Waals surface area contributed by atoms with Crippen molar-refractivity contribution in [2.24, 2.45) is 5.92 Å². The van der Waals surface area contributed by atoms with Crippen LogP contribution in [0.2, 0.25) is 0 Å². The van der Waals surface area contributed by atoms with Crippen LogP contribution >= 0.6 is 0 Å². The summed E-state index contributed by atoms with van der Waals surface area (Å²) < 4.78 is 27.7. The molecular weight excluding hydrogens is 300 g/mol. The number of hydrogen-bond acceptors (Lipinski definition) is 4. The van der Waals surface area contributed by atoms with Crippen molar-refractivity contribution in [3.63, 3.8) is 0 Å². The Kier molecular flexibility index (Phi) is 4.34. The fourth-order valence-electron chi connectivity index (χ4n) is 2.93. The maximum atomic E-state index is 12.5. The van der Waals surface area contributed by atoms with Gasteiger partial charge in [0, 0.05) is 24.7 Å². The Morgan fingerprint density at radius 1 is 1.32 bits per heavy atom. The molecule has 1 aromatic rings. The number of nitrogens with zero attached hydrogens (tertiary/aromatic N) is 1. The van der Waals surface area contributed by atoms with Crippen molar-refractivity contribution in [2.75, 3.05) is 19.6 Å². The topological polar surface area (TPSA) is 66.5 Å². The maximum absolute atomic E-state index is 12.5. The average molecular weight is 322 g/mol. The Hall–Kier alpha value is -1.24. The standard InChI is InChI=1S/C16H22N2O3S/c1-12(19)14-3-2-4-16(9-14)22(20,21)17-15-7-8-18(11-15)10-13-5-6-13/h2-4,9,13,15,17H,5-8,10-11H2,1H3/t15-/m0/s1. The number of sulfonamides is 1. The molecule has 0 aromatic heterocycles. The van der Waals surface area contributed by atoms with E-state index in [4.69, 9.17) is 0 Å². The summed E-state index contributed by atoms with van der Waals surface area (Å²) in [4.78, 5) is 13.9. The van der Waals surface area contributed by atoms with Crippen molar-refractivity contribution in [1.82, 2.24) is 9.62 Å². The second-order valence-electron chi connectivity index (χ2n) is 6.39. The molecule has 1 aromatic carbocycles. The number of carbonyl (C=O) groups is 1. The minimum atomic E-state index is -3.56. The smallest absolute Gasteiger partial charge is 0.240 e. The average Bonchev–Trinajstić information content (AvgIpc) is 3.18. The molecule has 1 heterocycles. The number of benzene rings is 1. The van der Waals surface area contributed by atoms with Crippen molar-refractivity contribution < 1.29 is 13.2 Å². The van der Waals surface area contributed by atoms with Crippen molar-refractivity contribution in [3.05, 3.63) is 29.8 Å². The lowest BCUT2D eigenvalue weighted by Crippen LogP contribution is -2.37. The van der Waals surface area contributed by atoms with Gasteiger partial charge in [0.05, 0.1) is 4.90 Å². The van der Waals surface area contributed by atoms with Crippen LogP contribution in [0.25, 0.3) is 0 Å². The quantitative estimate of drug-likeness (QED) is 0.809. The van der Waals surface area contributed by atoms with Gasteiger partial charge in [0.25, 0.3) is 0 Å². The van der Waals surface area contributed by atoms with Crippen LogP contribution < -0.4 is 4.72 Å². The highest BCUT2D eigenvalue weighted by atomic mass is 32.2. The van der Waals surface area contributed by atoms with E-state index in [1.165, 1.54) is 31.9 Å². The van der Waals surface area contributed by atoms with Crippen LogP contribution in [0.5, 0.6) is 0 Å². The van der Waals surface area contributed by atoms with E-state index < -0.39 is 10.0 Å². The highest BCUT2D eigenvalue weighted by Crippen LogP contribution is 2.30. The van der Waals surface area contributed by atoms with E-state index in [2.05, 4.69) is 9.62 Å². The Morgan fingerprint density at radius 2 is 2.09 bits per heavy atom. The first-order chi connectivity index (χ1) is 10.4. The van der Waals surface area contributed by atoms with Gasteiger partial charge in [-0.1, -0.05) is 12.1 Å². The van der Waals surface area contributed by atoms with Gasteiger partial charge in [0.1, 0.15) is 0 Å². The third-order valence-electron chi connectivity index (χ3n) is 4.36. The van der Waals surface area contributed by atoms with Crippen LogP contribution in [0.3, 0.4) is 0 Å². The summed E-state index contributed by atoms with van der Waals surface area (Å²) >= 11 is 0. The third-order valence-corrected chi connectivity index (χ3v) is 5.88. The predicted octanol–water partition coefficient (Wildman–Crippen LogP) is 1.65. The van der Waals surface area contributed by atoms with E-state index in [1.807, 2.05) is 0 Å². The number of hydrogen-bond donors (Lipinski definition) is 1. The molecular formula is C16H22N2O3S. The van der Waals surface area contributed by atoms with Gasteiger partial charge in [-0.3, -0.25) is 4.79 Å². The summed E-state index contributed by atoms with van der Waals surface area (Å²) in [6.07, 6.45) is 3.47. The lowest BCUT2D eigenvalue weighted by atomic mass is 10.2. The van der Waals surface area contributed by atoms with Gasteiger partial charge in [0.15, 0.2) is 5.78 Å². The number of Topliss-reactive ketones (excluding diaryl/α,β-unsaturated/α-hetero) is 1. The van der Waals surface area contributed by atoms with Gasteiger partial charge < -0.3 is 4.90 Å². The fraction of sp³-hybridized carbons (Fsp3) is 0.562. The van der Waals surface area contributed by atoms with Crippen molar-refractivity contribution in [2.45, 2.75) is 37.1 Å². The predicted molar refractivity (Wildman–Crippen MR) is 84.3 cm³/mol. The zero-order valence-electron chi connectivity index (χ0n) is 12.8. The highest BCUT2D eigenvalue weighted by Gasteiger charge is 2.31. The molecule has 5 nitrogen and oxygen atoms in total. The molecule has 0 amide bonds. The lowest BCUT2D eigenvalue weighted by molar-refractivity contribution is 0.101. The van der Waals surface area contributed by atoms with E-state index in [0.29, 0.717) is 5.56 Å². The minimum absolute atomic E-state index is 0.0373. The van der Waals surface area contributed by atoms with Gasteiger partial charge in [0.2, 0.25) is 10.0 Å². The Bertz CT molecular complexity index is 668. The van der Waals surface area contributed by atoms with Crippen LogP contribution in [0.15, 0.2) is 29.2 Å². The summed E-state index contributed by atoms with van der Waals surface area (Å²) in [6.45, 7) is 4.27. The first-order valence-corrected chi connectivity index (χ1v) is 9.28. The van der Waals surface area contributed by atoms with Crippen LogP contribution in [-0.4, -0.2) is 44.8 Å². The van der Waals surface area contributed by atoms with Crippen LogP contribution in [0.4, 0.5) is 0 Å². The molecule has 6 heteroatoms. The lowest BCUT2D eigenvalue weighted by Gasteiger charge is -2.16. The summed E-state index contributed by atoms with van der Waals surface area (Å²) in [6, 6.07) is 6.19.